The van der Waals surface area contributed by atoms with Gasteiger partial charge in [-0.1, -0.05) is 6.92 Å². The van der Waals surface area contributed by atoms with E-state index < -0.39 is 0 Å². The zero-order chi connectivity index (χ0) is 14.5. The van der Waals surface area contributed by atoms with Gasteiger partial charge in [0.2, 0.25) is 0 Å². The van der Waals surface area contributed by atoms with Gasteiger partial charge in [-0.2, -0.15) is 5.10 Å². The first-order chi connectivity index (χ1) is 9.61. The van der Waals surface area contributed by atoms with Crippen molar-refractivity contribution in [3.8, 4) is 0 Å². The Morgan fingerprint density at radius 3 is 2.70 bits per heavy atom. The van der Waals surface area contributed by atoms with Crippen molar-refractivity contribution in [3.63, 3.8) is 0 Å². The van der Waals surface area contributed by atoms with E-state index in [2.05, 4.69) is 36.1 Å². The number of likely N-dealkylation sites (tertiary alicyclic amines) is 1. The van der Waals surface area contributed by atoms with E-state index in [1.165, 1.54) is 62.3 Å². The van der Waals surface area contributed by atoms with Gasteiger partial charge in [-0.3, -0.25) is 4.68 Å². The monoisotopic (exact) mass is 278 g/mol. The lowest BCUT2D eigenvalue weighted by Crippen LogP contribution is -2.31. The molecular formula is C16H30N4. The van der Waals surface area contributed by atoms with Crippen molar-refractivity contribution in [1.29, 1.82) is 0 Å². The predicted octanol–water partition coefficient (Wildman–Crippen LogP) is 2.39. The highest BCUT2D eigenvalue weighted by molar-refractivity contribution is 5.24. The molecule has 1 atom stereocenters. The van der Waals surface area contributed by atoms with Crippen LogP contribution >= 0.6 is 0 Å². The smallest absolute Gasteiger partial charge is 0.0641 e. The molecule has 1 N–H and O–H groups in total. The van der Waals surface area contributed by atoms with Crippen molar-refractivity contribution in [2.75, 3.05) is 19.6 Å². The summed E-state index contributed by atoms with van der Waals surface area (Å²) in [4.78, 5) is 2.61. The summed E-state index contributed by atoms with van der Waals surface area (Å²) in [6, 6.07) is 0.663. The second kappa shape index (κ2) is 7.23. The molecule has 0 bridgehead atoms. The van der Waals surface area contributed by atoms with Crippen LogP contribution < -0.4 is 5.32 Å². The Morgan fingerprint density at radius 2 is 2.05 bits per heavy atom. The van der Waals surface area contributed by atoms with Gasteiger partial charge in [-0.25, -0.2) is 0 Å². The van der Waals surface area contributed by atoms with Gasteiger partial charge in [0.1, 0.15) is 0 Å². The molecule has 20 heavy (non-hydrogen) atoms. The molecule has 0 radical (unpaired) electrons. The number of nitrogens with zero attached hydrogens (tertiary/aromatic N) is 3. The summed E-state index contributed by atoms with van der Waals surface area (Å²) in [6.07, 6.45) is 5.17. The zero-order valence-corrected chi connectivity index (χ0v) is 13.6. The highest BCUT2D eigenvalue weighted by atomic mass is 15.3. The molecule has 0 saturated carbocycles. The number of aromatic nitrogens is 2. The fraction of sp³-hybridized carbons (Fsp3) is 0.812. The summed E-state index contributed by atoms with van der Waals surface area (Å²) < 4.78 is 1.99. The fourth-order valence-electron chi connectivity index (χ4n) is 3.22. The minimum atomic E-state index is 0.663. The molecule has 1 aliphatic rings. The van der Waals surface area contributed by atoms with Crippen molar-refractivity contribution in [1.82, 2.24) is 20.0 Å². The van der Waals surface area contributed by atoms with Gasteiger partial charge in [0.15, 0.2) is 0 Å². The molecule has 114 valence electrons. The lowest BCUT2D eigenvalue weighted by Gasteiger charge is -2.19. The minimum Gasteiger partial charge on any atom is -0.310 e. The van der Waals surface area contributed by atoms with Crippen LogP contribution in [0.2, 0.25) is 0 Å². The molecule has 1 aromatic rings. The van der Waals surface area contributed by atoms with E-state index in [-0.39, 0.29) is 0 Å². The highest BCUT2D eigenvalue weighted by Crippen LogP contribution is 2.15. The van der Waals surface area contributed by atoms with E-state index >= 15 is 0 Å². The van der Waals surface area contributed by atoms with Gasteiger partial charge in [0, 0.05) is 30.9 Å². The van der Waals surface area contributed by atoms with Gasteiger partial charge in [0.25, 0.3) is 0 Å². The summed E-state index contributed by atoms with van der Waals surface area (Å²) in [5, 5.41) is 8.25. The van der Waals surface area contributed by atoms with Gasteiger partial charge in [0.05, 0.1) is 5.69 Å². The van der Waals surface area contributed by atoms with E-state index in [1.54, 1.807) is 0 Å². The normalized spacial score (nSPS) is 21.1. The molecule has 2 heterocycles. The summed E-state index contributed by atoms with van der Waals surface area (Å²) in [5.74, 6) is 0. The van der Waals surface area contributed by atoms with Gasteiger partial charge < -0.3 is 10.2 Å². The maximum absolute atomic E-state index is 4.50. The largest absolute Gasteiger partial charge is 0.310 e. The second-order valence-electron chi connectivity index (χ2n) is 6.12. The van der Waals surface area contributed by atoms with E-state index in [1.807, 2.05) is 11.7 Å². The van der Waals surface area contributed by atoms with Crippen LogP contribution in [0.1, 0.15) is 49.6 Å². The third kappa shape index (κ3) is 3.83. The lowest BCUT2D eigenvalue weighted by molar-refractivity contribution is 0.282. The van der Waals surface area contributed by atoms with Crippen LogP contribution in [0.25, 0.3) is 0 Å². The van der Waals surface area contributed by atoms with Crippen LogP contribution in [0, 0.1) is 13.8 Å². The molecule has 4 nitrogen and oxygen atoms in total. The average molecular weight is 278 g/mol. The summed E-state index contributed by atoms with van der Waals surface area (Å²) in [7, 11) is 2.03. The number of aryl methyl sites for hydroxylation is 2. The molecule has 0 aliphatic carbocycles. The molecule has 0 spiro atoms. The molecule has 2 rings (SSSR count). The quantitative estimate of drug-likeness (QED) is 0.898. The molecule has 1 aliphatic heterocycles. The molecule has 1 fully saturated rings. The molecule has 1 unspecified atom stereocenters. The van der Waals surface area contributed by atoms with Gasteiger partial charge >= 0.3 is 0 Å². The van der Waals surface area contributed by atoms with E-state index in [0.717, 1.165) is 6.54 Å². The van der Waals surface area contributed by atoms with E-state index in [4.69, 9.17) is 0 Å². The summed E-state index contributed by atoms with van der Waals surface area (Å²) >= 11 is 0. The SMILES string of the molecule is CCCN1CCCC(NCc2c(C)nn(C)c2C)CC1. The maximum Gasteiger partial charge on any atom is 0.0641 e. The van der Waals surface area contributed by atoms with E-state index in [0.29, 0.717) is 6.04 Å². The van der Waals surface area contributed by atoms with Crippen LogP contribution in [0.15, 0.2) is 0 Å². The maximum atomic E-state index is 4.50. The Hall–Kier alpha value is -0.870. The highest BCUT2D eigenvalue weighted by Gasteiger charge is 2.17. The fourth-order valence-corrected chi connectivity index (χ4v) is 3.22. The Balaban J connectivity index is 1.85. The van der Waals surface area contributed by atoms with Crippen molar-refractivity contribution in [2.24, 2.45) is 7.05 Å². The molecule has 1 saturated heterocycles. The van der Waals surface area contributed by atoms with Crippen LogP contribution in [-0.4, -0.2) is 40.4 Å². The first-order valence-corrected chi connectivity index (χ1v) is 8.06. The lowest BCUT2D eigenvalue weighted by atomic mass is 10.1. The summed E-state index contributed by atoms with van der Waals surface area (Å²) in [5.41, 5.74) is 3.83. The van der Waals surface area contributed by atoms with Crippen LogP contribution in [0.3, 0.4) is 0 Å². The van der Waals surface area contributed by atoms with Gasteiger partial charge in [-0.05, 0) is 59.2 Å². The van der Waals surface area contributed by atoms with Crippen molar-refractivity contribution in [3.05, 3.63) is 17.0 Å². The van der Waals surface area contributed by atoms with Crippen molar-refractivity contribution in [2.45, 2.75) is 59.0 Å². The standard InChI is InChI=1S/C16H30N4/c1-5-9-20-10-6-7-15(8-11-20)17-12-16-13(2)18-19(4)14(16)3/h15,17H,5-12H2,1-4H3. The summed E-state index contributed by atoms with van der Waals surface area (Å²) in [6.45, 7) is 11.3. The predicted molar refractivity (Wildman–Crippen MR) is 83.9 cm³/mol. The van der Waals surface area contributed by atoms with Crippen molar-refractivity contribution < 1.29 is 0 Å². The third-order valence-corrected chi connectivity index (χ3v) is 4.59. The third-order valence-electron chi connectivity index (χ3n) is 4.59. The minimum absolute atomic E-state index is 0.663. The Bertz CT molecular complexity index is 424. The Kier molecular flexibility index (Phi) is 5.61. The Morgan fingerprint density at radius 1 is 1.25 bits per heavy atom. The van der Waals surface area contributed by atoms with Crippen LogP contribution in [-0.2, 0) is 13.6 Å². The van der Waals surface area contributed by atoms with Crippen LogP contribution in [0.5, 0.6) is 0 Å². The number of nitrogens with one attached hydrogen (secondary N) is 1. The molecule has 1 aromatic heterocycles. The van der Waals surface area contributed by atoms with E-state index in [9.17, 15) is 0 Å². The number of hydrogen-bond acceptors (Lipinski definition) is 3. The zero-order valence-electron chi connectivity index (χ0n) is 13.6. The molecular weight excluding hydrogens is 248 g/mol. The Labute approximate surface area is 123 Å². The molecule has 0 aromatic carbocycles. The van der Waals surface area contributed by atoms with Crippen molar-refractivity contribution >= 4 is 0 Å². The van der Waals surface area contributed by atoms with Crippen LogP contribution in [0.4, 0.5) is 0 Å². The molecule has 0 amide bonds. The second-order valence-corrected chi connectivity index (χ2v) is 6.12. The first-order valence-electron chi connectivity index (χ1n) is 8.06. The molecule has 4 heteroatoms. The van der Waals surface area contributed by atoms with Gasteiger partial charge in [-0.15, -0.1) is 0 Å². The first kappa shape index (κ1) is 15.5. The number of rotatable bonds is 5. The average Bonchev–Trinajstić information content (AvgIpc) is 2.60. The topological polar surface area (TPSA) is 33.1 Å². The number of hydrogen-bond donors (Lipinski definition) is 1.